The maximum Gasteiger partial charge on any atom is 0.161 e. The number of piperidine rings is 1. The molecule has 3 aromatic rings. The molecule has 0 N–H and O–H groups in total. The molecule has 0 bridgehead atoms. The maximum absolute atomic E-state index is 6.14. The Kier molecular flexibility index (Phi) is 10.2. The van der Waals surface area contributed by atoms with E-state index < -0.39 is 0 Å². The fraction of sp³-hybridized carbons (Fsp3) is 0.483. The fourth-order valence-electron chi connectivity index (χ4n) is 4.77. The van der Waals surface area contributed by atoms with E-state index in [0.29, 0.717) is 29.0 Å². The van der Waals surface area contributed by atoms with Gasteiger partial charge in [0.1, 0.15) is 23.8 Å². The Morgan fingerprint density at radius 2 is 1.79 bits per heavy atom. The monoisotopic (exact) mass is 561 g/mol. The summed E-state index contributed by atoms with van der Waals surface area (Å²) in [6.45, 7) is 6.73. The number of likely N-dealkylation sites (tertiary alicyclic amines) is 1. The van der Waals surface area contributed by atoms with Crippen molar-refractivity contribution in [1.82, 2.24) is 14.5 Å². The van der Waals surface area contributed by atoms with E-state index in [2.05, 4.69) is 33.5 Å². The molecule has 0 saturated carbocycles. The minimum absolute atomic E-state index is 0.330. The lowest BCUT2D eigenvalue weighted by Gasteiger charge is -2.40. The van der Waals surface area contributed by atoms with Crippen LogP contribution >= 0.6 is 23.2 Å². The summed E-state index contributed by atoms with van der Waals surface area (Å²) in [5.74, 6) is 3.33. The quantitative estimate of drug-likeness (QED) is 0.228. The molecule has 1 aliphatic heterocycles. The van der Waals surface area contributed by atoms with Crippen molar-refractivity contribution in [3.8, 4) is 17.2 Å². The van der Waals surface area contributed by atoms with Gasteiger partial charge in [-0.15, -0.1) is 0 Å². The van der Waals surface area contributed by atoms with Gasteiger partial charge in [-0.25, -0.2) is 4.98 Å². The molecule has 206 valence electrons. The van der Waals surface area contributed by atoms with Crippen LogP contribution in [0.4, 0.5) is 0 Å². The SMILES string of the molecule is CCc1nccn1CCCOc1cc(CN2CCC(COc3ccc(Cl)c(Cl)c3)(OC)CC2)ccc1OC. The molecule has 7 nitrogen and oxygen atoms in total. The minimum Gasteiger partial charge on any atom is -0.493 e. The smallest absolute Gasteiger partial charge is 0.161 e. The van der Waals surface area contributed by atoms with Crippen LogP contribution in [0.1, 0.15) is 37.6 Å². The molecule has 0 unspecified atom stereocenters. The Labute approximate surface area is 235 Å². The highest BCUT2D eigenvalue weighted by Gasteiger charge is 2.35. The highest BCUT2D eigenvalue weighted by molar-refractivity contribution is 6.42. The van der Waals surface area contributed by atoms with Gasteiger partial charge < -0.3 is 23.5 Å². The summed E-state index contributed by atoms with van der Waals surface area (Å²) in [4.78, 5) is 6.82. The van der Waals surface area contributed by atoms with E-state index in [4.69, 9.17) is 42.1 Å². The Morgan fingerprint density at radius 3 is 2.50 bits per heavy atom. The van der Waals surface area contributed by atoms with E-state index in [1.165, 1.54) is 5.56 Å². The van der Waals surface area contributed by atoms with Crippen molar-refractivity contribution in [3.63, 3.8) is 0 Å². The largest absolute Gasteiger partial charge is 0.493 e. The average Bonchev–Trinajstić information content (AvgIpc) is 3.40. The zero-order valence-electron chi connectivity index (χ0n) is 22.4. The number of aromatic nitrogens is 2. The van der Waals surface area contributed by atoms with E-state index in [1.807, 2.05) is 24.5 Å². The molecule has 2 aromatic carbocycles. The normalized spacial score (nSPS) is 15.4. The summed E-state index contributed by atoms with van der Waals surface area (Å²) in [6.07, 6.45) is 7.45. The van der Waals surface area contributed by atoms with Gasteiger partial charge in [0.2, 0.25) is 0 Å². The number of rotatable bonds is 13. The van der Waals surface area contributed by atoms with Gasteiger partial charge in [0.15, 0.2) is 11.5 Å². The van der Waals surface area contributed by atoms with Crippen LogP contribution in [-0.4, -0.2) is 60.6 Å². The van der Waals surface area contributed by atoms with Crippen molar-refractivity contribution in [3.05, 3.63) is 70.2 Å². The highest BCUT2D eigenvalue weighted by Crippen LogP contribution is 2.32. The molecule has 4 rings (SSSR count). The first-order valence-electron chi connectivity index (χ1n) is 13.1. The van der Waals surface area contributed by atoms with Crippen LogP contribution < -0.4 is 14.2 Å². The summed E-state index contributed by atoms with van der Waals surface area (Å²) >= 11 is 12.1. The standard InChI is InChI=1S/C29H37Cl2N3O4/c1-4-28-32-12-16-34(28)13-5-17-37-27-18-22(6-9-26(27)35-2)20-33-14-10-29(36-3,11-15-33)21-38-23-7-8-24(30)25(31)19-23/h6-9,12,16,18-19H,4-5,10-11,13-15,17,20-21H2,1-3H3. The molecule has 1 aliphatic rings. The molecule has 9 heteroatoms. The molecule has 0 aliphatic carbocycles. The van der Waals surface area contributed by atoms with Crippen molar-refractivity contribution >= 4 is 23.2 Å². The van der Waals surface area contributed by atoms with Crippen molar-refractivity contribution < 1.29 is 18.9 Å². The van der Waals surface area contributed by atoms with Gasteiger partial charge in [0, 0.05) is 58.2 Å². The van der Waals surface area contributed by atoms with Crippen LogP contribution in [0.2, 0.25) is 10.0 Å². The third kappa shape index (κ3) is 7.35. The lowest BCUT2D eigenvalue weighted by Crippen LogP contribution is -2.48. The summed E-state index contributed by atoms with van der Waals surface area (Å²) < 4.78 is 25.8. The summed E-state index contributed by atoms with van der Waals surface area (Å²) in [5, 5.41) is 0.998. The number of benzene rings is 2. The number of imidazole rings is 1. The van der Waals surface area contributed by atoms with Gasteiger partial charge >= 0.3 is 0 Å². The molecule has 1 aromatic heterocycles. The van der Waals surface area contributed by atoms with Crippen LogP contribution in [0.15, 0.2) is 48.8 Å². The van der Waals surface area contributed by atoms with Crippen molar-refractivity contribution in [1.29, 1.82) is 0 Å². The first kappa shape index (κ1) is 28.6. The predicted molar refractivity (Wildman–Crippen MR) is 151 cm³/mol. The number of ether oxygens (including phenoxy) is 4. The molecule has 38 heavy (non-hydrogen) atoms. The van der Waals surface area contributed by atoms with E-state index in [9.17, 15) is 0 Å². The van der Waals surface area contributed by atoms with Crippen LogP contribution in [0.5, 0.6) is 17.2 Å². The minimum atomic E-state index is -0.330. The zero-order chi connectivity index (χ0) is 27.0. The lowest BCUT2D eigenvalue weighted by atomic mass is 9.91. The maximum atomic E-state index is 6.14. The molecule has 0 radical (unpaired) electrons. The van der Waals surface area contributed by atoms with E-state index in [0.717, 1.165) is 69.2 Å². The molecule has 1 fully saturated rings. The second-order valence-corrected chi connectivity index (χ2v) is 10.4. The summed E-state index contributed by atoms with van der Waals surface area (Å²) in [7, 11) is 3.44. The van der Waals surface area contributed by atoms with Crippen LogP contribution in [0.3, 0.4) is 0 Å². The second kappa shape index (κ2) is 13.6. The van der Waals surface area contributed by atoms with E-state index in [1.54, 1.807) is 26.4 Å². The number of aryl methyl sites for hydroxylation is 2. The van der Waals surface area contributed by atoms with Crippen LogP contribution in [0.25, 0.3) is 0 Å². The number of methoxy groups -OCH3 is 2. The number of nitrogens with zero attached hydrogens (tertiary/aromatic N) is 3. The van der Waals surface area contributed by atoms with Crippen molar-refractivity contribution in [2.75, 3.05) is 40.5 Å². The topological polar surface area (TPSA) is 58.0 Å². The highest BCUT2D eigenvalue weighted by atomic mass is 35.5. The van der Waals surface area contributed by atoms with E-state index in [-0.39, 0.29) is 5.60 Å². The molecule has 0 atom stereocenters. The number of hydrogen-bond acceptors (Lipinski definition) is 6. The second-order valence-electron chi connectivity index (χ2n) is 9.61. The van der Waals surface area contributed by atoms with Crippen molar-refractivity contribution in [2.24, 2.45) is 0 Å². The third-order valence-corrected chi connectivity index (χ3v) is 7.89. The molecular formula is C29H37Cl2N3O4. The fourth-order valence-corrected chi connectivity index (χ4v) is 5.06. The van der Waals surface area contributed by atoms with Crippen molar-refractivity contribution in [2.45, 2.75) is 51.3 Å². The average molecular weight is 563 g/mol. The van der Waals surface area contributed by atoms with Crippen LogP contribution in [-0.2, 0) is 24.2 Å². The Morgan fingerprint density at radius 1 is 0.974 bits per heavy atom. The van der Waals surface area contributed by atoms with E-state index >= 15 is 0 Å². The molecule has 0 spiro atoms. The number of halogens is 2. The first-order valence-corrected chi connectivity index (χ1v) is 13.9. The zero-order valence-corrected chi connectivity index (χ0v) is 23.9. The lowest BCUT2D eigenvalue weighted by molar-refractivity contribution is -0.0839. The van der Waals surface area contributed by atoms with Gasteiger partial charge in [-0.2, -0.15) is 0 Å². The summed E-state index contributed by atoms with van der Waals surface area (Å²) in [5.41, 5.74) is 0.865. The van der Waals surface area contributed by atoms with Gasteiger partial charge in [0.25, 0.3) is 0 Å². The Hall–Kier alpha value is -2.45. The summed E-state index contributed by atoms with van der Waals surface area (Å²) in [6, 6.07) is 11.5. The molecular weight excluding hydrogens is 525 g/mol. The number of hydrogen-bond donors (Lipinski definition) is 0. The third-order valence-electron chi connectivity index (χ3n) is 7.15. The molecule has 1 saturated heterocycles. The van der Waals surface area contributed by atoms with Gasteiger partial charge in [0.05, 0.1) is 23.8 Å². The first-order chi connectivity index (χ1) is 18.4. The predicted octanol–water partition coefficient (Wildman–Crippen LogP) is 6.29. The molecule has 2 heterocycles. The van der Waals surface area contributed by atoms with Gasteiger partial charge in [-0.1, -0.05) is 36.2 Å². The van der Waals surface area contributed by atoms with Gasteiger partial charge in [-0.3, -0.25) is 4.90 Å². The Balaban J connectivity index is 1.28. The molecule has 0 amide bonds. The van der Waals surface area contributed by atoms with Gasteiger partial charge in [-0.05, 0) is 49.1 Å². The Bertz CT molecular complexity index is 1180. The van der Waals surface area contributed by atoms with Crippen LogP contribution in [0, 0.1) is 0 Å².